The zero-order valence-electron chi connectivity index (χ0n) is 11.4. The Morgan fingerprint density at radius 2 is 1.70 bits per heavy atom. The largest absolute Gasteiger partial charge is 0.354 e. The third-order valence-corrected chi connectivity index (χ3v) is 2.79. The molecule has 0 saturated heterocycles. The highest BCUT2D eigenvalue weighted by molar-refractivity contribution is 6.35. The van der Waals surface area contributed by atoms with Crippen LogP contribution in [0.3, 0.4) is 0 Å². The monoisotopic (exact) mass is 317 g/mol. The molecule has 20 heavy (non-hydrogen) atoms. The lowest BCUT2D eigenvalue weighted by molar-refractivity contribution is -0.126. The van der Waals surface area contributed by atoms with Crippen molar-refractivity contribution in [3.8, 4) is 0 Å². The van der Waals surface area contributed by atoms with Gasteiger partial charge in [0, 0.05) is 28.8 Å². The van der Waals surface area contributed by atoms with Gasteiger partial charge in [-0.2, -0.15) is 0 Å². The van der Waals surface area contributed by atoms with Crippen LogP contribution in [0.5, 0.6) is 0 Å². The molecule has 1 aromatic carbocycles. The number of benzene rings is 1. The average molecular weight is 318 g/mol. The molecule has 5 nitrogen and oxygen atoms in total. The van der Waals surface area contributed by atoms with Crippen LogP contribution in [0.2, 0.25) is 10.0 Å². The maximum absolute atomic E-state index is 11.7. The zero-order valence-corrected chi connectivity index (χ0v) is 12.9. The van der Waals surface area contributed by atoms with E-state index in [4.69, 9.17) is 23.2 Å². The zero-order chi connectivity index (χ0) is 15.1. The van der Waals surface area contributed by atoms with Crippen LogP contribution in [0.1, 0.15) is 6.42 Å². The van der Waals surface area contributed by atoms with Gasteiger partial charge in [0.05, 0.1) is 0 Å². The van der Waals surface area contributed by atoms with E-state index in [0.717, 1.165) is 6.54 Å². The second-order valence-corrected chi connectivity index (χ2v) is 5.41. The number of rotatable bonds is 6. The van der Waals surface area contributed by atoms with Crippen molar-refractivity contribution in [2.45, 2.75) is 6.42 Å². The molecule has 0 saturated carbocycles. The van der Waals surface area contributed by atoms with Crippen LogP contribution in [0, 0.1) is 0 Å². The van der Waals surface area contributed by atoms with Crippen LogP contribution in [0.4, 0.5) is 5.69 Å². The van der Waals surface area contributed by atoms with E-state index in [0.29, 0.717) is 22.3 Å². The molecule has 1 rings (SSSR count). The first-order valence-electron chi connectivity index (χ1n) is 6.04. The Kier molecular flexibility index (Phi) is 6.78. The van der Waals surface area contributed by atoms with Crippen molar-refractivity contribution in [3.63, 3.8) is 0 Å². The molecule has 0 spiro atoms. The Hall–Kier alpha value is -1.30. The van der Waals surface area contributed by atoms with Gasteiger partial charge in [0.1, 0.15) is 6.42 Å². The number of nitrogens with zero attached hydrogens (tertiary/aromatic N) is 1. The highest BCUT2D eigenvalue weighted by atomic mass is 35.5. The van der Waals surface area contributed by atoms with Gasteiger partial charge in [-0.15, -0.1) is 0 Å². The van der Waals surface area contributed by atoms with E-state index >= 15 is 0 Å². The Bertz CT molecular complexity index is 472. The summed E-state index contributed by atoms with van der Waals surface area (Å²) in [6, 6.07) is 4.69. The maximum atomic E-state index is 11.7. The van der Waals surface area contributed by atoms with E-state index < -0.39 is 5.91 Å². The molecule has 2 amide bonds. The Balaban J connectivity index is 2.41. The molecule has 1 aromatic rings. The molecule has 2 N–H and O–H groups in total. The fraction of sp³-hybridized carbons (Fsp3) is 0.385. The number of anilines is 1. The van der Waals surface area contributed by atoms with Crippen molar-refractivity contribution in [1.29, 1.82) is 0 Å². The van der Waals surface area contributed by atoms with E-state index in [-0.39, 0.29) is 12.3 Å². The van der Waals surface area contributed by atoms with Crippen molar-refractivity contribution in [1.82, 2.24) is 10.2 Å². The molecule has 0 aliphatic carbocycles. The van der Waals surface area contributed by atoms with Crippen LogP contribution in [0.15, 0.2) is 18.2 Å². The molecule has 0 radical (unpaired) electrons. The molecule has 110 valence electrons. The molecule has 0 bridgehead atoms. The summed E-state index contributed by atoms with van der Waals surface area (Å²) in [6.45, 7) is 1.22. The summed E-state index contributed by atoms with van der Waals surface area (Å²) in [5.41, 5.74) is 0.466. The lowest BCUT2D eigenvalue weighted by atomic mass is 10.3. The molecule has 0 unspecified atom stereocenters. The van der Waals surface area contributed by atoms with Crippen molar-refractivity contribution < 1.29 is 9.59 Å². The number of nitrogens with one attached hydrogen (secondary N) is 2. The first kappa shape index (κ1) is 16.8. The predicted molar refractivity (Wildman–Crippen MR) is 81.3 cm³/mol. The quantitative estimate of drug-likeness (QED) is 0.789. The molecule has 7 heteroatoms. The Labute approximate surface area is 128 Å². The number of halogens is 2. The van der Waals surface area contributed by atoms with Gasteiger partial charge in [-0.1, -0.05) is 23.2 Å². The molecule has 0 fully saturated rings. The highest BCUT2D eigenvalue weighted by Gasteiger charge is 2.10. The van der Waals surface area contributed by atoms with Crippen LogP contribution >= 0.6 is 23.2 Å². The van der Waals surface area contributed by atoms with Crippen molar-refractivity contribution >= 4 is 40.7 Å². The lowest BCUT2D eigenvalue weighted by Crippen LogP contribution is -2.33. The third-order valence-electron chi connectivity index (χ3n) is 2.35. The van der Waals surface area contributed by atoms with Crippen LogP contribution in [0.25, 0.3) is 0 Å². The average Bonchev–Trinajstić information content (AvgIpc) is 2.25. The van der Waals surface area contributed by atoms with Gasteiger partial charge < -0.3 is 15.5 Å². The first-order chi connectivity index (χ1) is 9.36. The summed E-state index contributed by atoms with van der Waals surface area (Å²) in [4.78, 5) is 25.1. The predicted octanol–water partition coefficient (Wildman–Crippen LogP) is 2.00. The normalized spacial score (nSPS) is 10.4. The standard InChI is InChI=1S/C13H17Cl2N3O2/c1-18(2)4-3-16-12(19)8-13(20)17-11-6-9(14)5-10(15)7-11/h5-7H,3-4,8H2,1-2H3,(H,16,19)(H,17,20). The third kappa shape index (κ3) is 6.75. The number of carbonyl (C=O) groups is 2. The summed E-state index contributed by atoms with van der Waals surface area (Å²) in [5, 5.41) is 6.07. The van der Waals surface area contributed by atoms with Crippen LogP contribution in [-0.4, -0.2) is 43.9 Å². The van der Waals surface area contributed by atoms with Crippen molar-refractivity contribution in [3.05, 3.63) is 28.2 Å². The minimum atomic E-state index is -0.411. The van der Waals surface area contributed by atoms with Crippen LogP contribution in [-0.2, 0) is 9.59 Å². The first-order valence-corrected chi connectivity index (χ1v) is 6.80. The van der Waals surface area contributed by atoms with E-state index in [2.05, 4.69) is 10.6 Å². The van der Waals surface area contributed by atoms with Crippen molar-refractivity contribution in [2.24, 2.45) is 0 Å². The summed E-state index contributed by atoms with van der Waals surface area (Å²) in [7, 11) is 3.81. The molecule has 0 heterocycles. The molecule has 0 aliphatic heterocycles. The van der Waals surface area contributed by atoms with E-state index in [1.807, 2.05) is 19.0 Å². The molecular formula is C13H17Cl2N3O2. The van der Waals surface area contributed by atoms with Gasteiger partial charge in [-0.3, -0.25) is 9.59 Å². The topological polar surface area (TPSA) is 61.4 Å². The summed E-state index contributed by atoms with van der Waals surface area (Å²) in [5.74, 6) is -0.733. The minimum Gasteiger partial charge on any atom is -0.354 e. The lowest BCUT2D eigenvalue weighted by Gasteiger charge is -2.10. The number of carbonyl (C=O) groups excluding carboxylic acids is 2. The summed E-state index contributed by atoms with van der Waals surface area (Å²) in [6.07, 6.45) is -0.239. The van der Waals surface area contributed by atoms with Gasteiger partial charge in [0.15, 0.2) is 0 Å². The van der Waals surface area contributed by atoms with Gasteiger partial charge in [0.25, 0.3) is 0 Å². The smallest absolute Gasteiger partial charge is 0.233 e. The number of amides is 2. The Morgan fingerprint density at radius 3 is 2.25 bits per heavy atom. The summed E-state index contributed by atoms with van der Waals surface area (Å²) >= 11 is 11.6. The van der Waals surface area contributed by atoms with E-state index in [9.17, 15) is 9.59 Å². The van der Waals surface area contributed by atoms with Crippen LogP contribution < -0.4 is 10.6 Å². The Morgan fingerprint density at radius 1 is 1.10 bits per heavy atom. The van der Waals surface area contributed by atoms with Gasteiger partial charge in [-0.05, 0) is 32.3 Å². The second kappa shape index (κ2) is 8.09. The number of hydrogen-bond donors (Lipinski definition) is 2. The van der Waals surface area contributed by atoms with E-state index in [1.165, 1.54) is 0 Å². The second-order valence-electron chi connectivity index (χ2n) is 4.54. The fourth-order valence-electron chi connectivity index (χ4n) is 1.46. The maximum Gasteiger partial charge on any atom is 0.233 e. The van der Waals surface area contributed by atoms with Gasteiger partial charge >= 0.3 is 0 Å². The SMILES string of the molecule is CN(C)CCNC(=O)CC(=O)Nc1cc(Cl)cc(Cl)c1. The molecule has 0 aromatic heterocycles. The highest BCUT2D eigenvalue weighted by Crippen LogP contribution is 2.22. The summed E-state index contributed by atoms with van der Waals surface area (Å²) < 4.78 is 0. The number of hydrogen-bond acceptors (Lipinski definition) is 3. The molecular weight excluding hydrogens is 301 g/mol. The molecule has 0 aliphatic rings. The van der Waals surface area contributed by atoms with Gasteiger partial charge in [0.2, 0.25) is 11.8 Å². The van der Waals surface area contributed by atoms with Gasteiger partial charge in [-0.25, -0.2) is 0 Å². The fourth-order valence-corrected chi connectivity index (χ4v) is 1.98. The number of likely N-dealkylation sites (N-methyl/N-ethyl adjacent to an activating group) is 1. The molecule has 0 atom stereocenters. The van der Waals surface area contributed by atoms with Crippen molar-refractivity contribution in [2.75, 3.05) is 32.5 Å². The minimum absolute atomic E-state index is 0.239. The van der Waals surface area contributed by atoms with E-state index in [1.54, 1.807) is 18.2 Å².